The second-order valence-corrected chi connectivity index (χ2v) is 6.98. The lowest BCUT2D eigenvalue weighted by molar-refractivity contribution is 0.0996. The van der Waals surface area contributed by atoms with E-state index in [0.717, 1.165) is 10.9 Å². The summed E-state index contributed by atoms with van der Waals surface area (Å²) in [6.45, 7) is 2.21. The SMILES string of the molecule is Cc1ccc(Oc2cc(OCc3cccc(Cl)n3)c3[nH]c(C(N)=O)cc3c2)cc1. The van der Waals surface area contributed by atoms with E-state index >= 15 is 0 Å². The average Bonchev–Trinajstić information content (AvgIpc) is 3.13. The van der Waals surface area contributed by atoms with Gasteiger partial charge in [0.1, 0.15) is 34.7 Å². The number of hydrogen-bond acceptors (Lipinski definition) is 4. The van der Waals surface area contributed by atoms with Crippen LogP contribution in [0.3, 0.4) is 0 Å². The third kappa shape index (κ3) is 4.33. The lowest BCUT2D eigenvalue weighted by Gasteiger charge is -2.11. The molecule has 4 aromatic rings. The number of aryl methyl sites for hydroxylation is 1. The molecule has 7 heteroatoms. The molecular formula is C22H18ClN3O3. The van der Waals surface area contributed by atoms with Gasteiger partial charge in [0.15, 0.2) is 0 Å². The average molecular weight is 408 g/mol. The number of nitrogens with zero attached hydrogens (tertiary/aromatic N) is 1. The molecule has 0 unspecified atom stereocenters. The molecule has 2 aromatic carbocycles. The van der Waals surface area contributed by atoms with Crippen molar-refractivity contribution >= 4 is 28.4 Å². The Balaban J connectivity index is 1.69. The van der Waals surface area contributed by atoms with Crippen LogP contribution in [0.15, 0.2) is 60.7 Å². The minimum atomic E-state index is -0.551. The molecule has 0 saturated heterocycles. The summed E-state index contributed by atoms with van der Waals surface area (Å²) in [5, 5.41) is 1.14. The Bertz CT molecular complexity index is 1190. The van der Waals surface area contributed by atoms with Crippen LogP contribution in [0.4, 0.5) is 0 Å². The van der Waals surface area contributed by atoms with Crippen molar-refractivity contribution in [2.75, 3.05) is 0 Å². The Kier molecular flexibility index (Phi) is 5.10. The number of aromatic nitrogens is 2. The van der Waals surface area contributed by atoms with Gasteiger partial charge in [-0.1, -0.05) is 35.4 Å². The third-order valence-corrected chi connectivity index (χ3v) is 4.55. The summed E-state index contributed by atoms with van der Waals surface area (Å²) in [5.74, 6) is 1.23. The summed E-state index contributed by atoms with van der Waals surface area (Å²) in [6.07, 6.45) is 0. The fourth-order valence-electron chi connectivity index (χ4n) is 2.91. The van der Waals surface area contributed by atoms with Gasteiger partial charge in [0, 0.05) is 11.5 Å². The highest BCUT2D eigenvalue weighted by molar-refractivity contribution is 6.29. The van der Waals surface area contributed by atoms with E-state index in [0.29, 0.717) is 39.3 Å². The van der Waals surface area contributed by atoms with E-state index in [9.17, 15) is 4.79 Å². The van der Waals surface area contributed by atoms with Crippen molar-refractivity contribution in [3.05, 3.63) is 82.8 Å². The number of hydrogen-bond donors (Lipinski definition) is 2. The number of pyridine rings is 1. The molecule has 29 heavy (non-hydrogen) atoms. The van der Waals surface area contributed by atoms with E-state index in [1.54, 1.807) is 24.3 Å². The topological polar surface area (TPSA) is 90.2 Å². The van der Waals surface area contributed by atoms with Crippen LogP contribution in [0.1, 0.15) is 21.7 Å². The molecule has 0 aliphatic rings. The number of ether oxygens (including phenoxy) is 2. The zero-order valence-corrected chi connectivity index (χ0v) is 16.4. The fourth-order valence-corrected chi connectivity index (χ4v) is 3.10. The Morgan fingerprint density at radius 1 is 1.10 bits per heavy atom. The number of benzene rings is 2. The molecule has 3 N–H and O–H groups in total. The molecule has 6 nitrogen and oxygen atoms in total. The van der Waals surface area contributed by atoms with Crippen LogP contribution in [0.25, 0.3) is 10.9 Å². The first kappa shape index (κ1) is 18.8. The molecule has 0 radical (unpaired) electrons. The molecule has 0 saturated carbocycles. The summed E-state index contributed by atoms with van der Waals surface area (Å²) < 4.78 is 11.9. The van der Waals surface area contributed by atoms with Gasteiger partial charge in [-0.15, -0.1) is 0 Å². The number of fused-ring (bicyclic) bond motifs is 1. The fraction of sp³-hybridized carbons (Fsp3) is 0.0909. The van der Waals surface area contributed by atoms with Gasteiger partial charge in [0.05, 0.1) is 11.2 Å². The van der Waals surface area contributed by atoms with Crippen LogP contribution in [0.2, 0.25) is 5.15 Å². The van der Waals surface area contributed by atoms with Crippen LogP contribution >= 0.6 is 11.6 Å². The summed E-state index contributed by atoms with van der Waals surface area (Å²) in [5.41, 5.74) is 8.18. The van der Waals surface area contributed by atoms with Crippen molar-refractivity contribution in [1.29, 1.82) is 0 Å². The Morgan fingerprint density at radius 3 is 2.62 bits per heavy atom. The molecule has 2 aromatic heterocycles. The molecule has 0 fully saturated rings. The standard InChI is InChI=1S/C22H18ClN3O3/c1-13-5-7-16(8-6-13)29-17-9-14-10-18(22(24)27)26-21(14)19(11-17)28-12-15-3-2-4-20(23)25-15/h2-11,26H,12H2,1H3,(H2,24,27). The highest BCUT2D eigenvalue weighted by Gasteiger charge is 2.13. The normalized spacial score (nSPS) is 10.8. The second kappa shape index (κ2) is 7.85. The number of aromatic amines is 1. The van der Waals surface area contributed by atoms with Crippen LogP contribution in [-0.2, 0) is 6.61 Å². The van der Waals surface area contributed by atoms with Crippen molar-refractivity contribution in [2.24, 2.45) is 5.73 Å². The van der Waals surface area contributed by atoms with Crippen molar-refractivity contribution < 1.29 is 14.3 Å². The number of nitrogens with one attached hydrogen (secondary N) is 1. The van der Waals surface area contributed by atoms with E-state index < -0.39 is 5.91 Å². The molecule has 1 amide bonds. The van der Waals surface area contributed by atoms with E-state index in [2.05, 4.69) is 9.97 Å². The second-order valence-electron chi connectivity index (χ2n) is 6.59. The van der Waals surface area contributed by atoms with Gasteiger partial charge in [0.2, 0.25) is 0 Å². The van der Waals surface area contributed by atoms with Gasteiger partial charge in [-0.3, -0.25) is 4.79 Å². The molecule has 146 valence electrons. The Labute approximate surface area is 172 Å². The summed E-state index contributed by atoms with van der Waals surface area (Å²) >= 11 is 5.94. The number of carbonyl (C=O) groups excluding carboxylic acids is 1. The van der Waals surface area contributed by atoms with Crippen LogP contribution in [0, 0.1) is 6.92 Å². The number of H-pyrrole nitrogens is 1. The van der Waals surface area contributed by atoms with Gasteiger partial charge in [-0.25, -0.2) is 4.98 Å². The molecule has 0 aliphatic carbocycles. The molecule has 4 rings (SSSR count). The minimum absolute atomic E-state index is 0.203. The number of amides is 1. The maximum absolute atomic E-state index is 11.6. The van der Waals surface area contributed by atoms with Gasteiger partial charge < -0.3 is 20.2 Å². The van der Waals surface area contributed by atoms with E-state index in [-0.39, 0.29) is 6.61 Å². The lowest BCUT2D eigenvalue weighted by atomic mass is 10.2. The van der Waals surface area contributed by atoms with Gasteiger partial charge in [0.25, 0.3) is 5.91 Å². The van der Waals surface area contributed by atoms with Crippen LogP contribution in [0.5, 0.6) is 17.2 Å². The van der Waals surface area contributed by atoms with Crippen molar-refractivity contribution in [2.45, 2.75) is 13.5 Å². The summed E-state index contributed by atoms with van der Waals surface area (Å²) in [7, 11) is 0. The van der Waals surface area contributed by atoms with Crippen LogP contribution < -0.4 is 15.2 Å². The number of nitrogens with two attached hydrogens (primary N) is 1. The molecule has 0 spiro atoms. The highest BCUT2D eigenvalue weighted by Crippen LogP contribution is 2.34. The predicted octanol–water partition coefficient (Wildman–Crippen LogP) is 4.99. The smallest absolute Gasteiger partial charge is 0.265 e. The zero-order chi connectivity index (χ0) is 20.4. The van der Waals surface area contributed by atoms with Gasteiger partial charge in [-0.05, 0) is 43.3 Å². The van der Waals surface area contributed by atoms with Gasteiger partial charge in [-0.2, -0.15) is 0 Å². The number of halogens is 1. The lowest BCUT2D eigenvalue weighted by Crippen LogP contribution is -2.10. The molecule has 0 aliphatic heterocycles. The van der Waals surface area contributed by atoms with E-state index in [4.69, 9.17) is 26.8 Å². The van der Waals surface area contributed by atoms with Crippen molar-refractivity contribution in [3.63, 3.8) is 0 Å². The van der Waals surface area contributed by atoms with E-state index in [1.807, 2.05) is 43.3 Å². The first-order valence-corrected chi connectivity index (χ1v) is 9.31. The summed E-state index contributed by atoms with van der Waals surface area (Å²) in [6, 6.07) is 18.3. The molecule has 0 atom stereocenters. The largest absolute Gasteiger partial charge is 0.485 e. The number of primary amides is 1. The molecular weight excluding hydrogens is 390 g/mol. The monoisotopic (exact) mass is 407 g/mol. The minimum Gasteiger partial charge on any atom is -0.485 e. The first-order chi connectivity index (χ1) is 14.0. The van der Waals surface area contributed by atoms with Crippen LogP contribution in [-0.4, -0.2) is 15.9 Å². The molecule has 2 heterocycles. The Hall–Kier alpha value is -3.51. The Morgan fingerprint density at radius 2 is 1.90 bits per heavy atom. The maximum Gasteiger partial charge on any atom is 0.265 e. The highest BCUT2D eigenvalue weighted by atomic mass is 35.5. The predicted molar refractivity (Wildman–Crippen MR) is 112 cm³/mol. The van der Waals surface area contributed by atoms with Gasteiger partial charge >= 0.3 is 0 Å². The molecule has 0 bridgehead atoms. The number of carbonyl (C=O) groups is 1. The third-order valence-electron chi connectivity index (χ3n) is 4.34. The zero-order valence-electron chi connectivity index (χ0n) is 15.6. The quantitative estimate of drug-likeness (QED) is 0.440. The van der Waals surface area contributed by atoms with Crippen molar-refractivity contribution in [1.82, 2.24) is 9.97 Å². The first-order valence-electron chi connectivity index (χ1n) is 8.93. The van der Waals surface area contributed by atoms with E-state index in [1.165, 1.54) is 0 Å². The summed E-state index contributed by atoms with van der Waals surface area (Å²) in [4.78, 5) is 18.8. The maximum atomic E-state index is 11.6. The van der Waals surface area contributed by atoms with Crippen molar-refractivity contribution in [3.8, 4) is 17.2 Å². The number of rotatable bonds is 6.